The van der Waals surface area contributed by atoms with Crippen molar-refractivity contribution in [2.45, 2.75) is 19.0 Å². The number of amides is 3. The highest BCUT2D eigenvalue weighted by Crippen LogP contribution is 2.29. The average Bonchev–Trinajstić information content (AvgIpc) is 3.04. The maximum atomic E-state index is 13.8. The van der Waals surface area contributed by atoms with E-state index < -0.39 is 29.7 Å². The number of halogens is 1. The highest BCUT2D eigenvalue weighted by atomic mass is 35.5. The lowest BCUT2D eigenvalue weighted by Crippen LogP contribution is -2.46. The van der Waals surface area contributed by atoms with Crippen LogP contribution in [-0.2, 0) is 17.8 Å². The van der Waals surface area contributed by atoms with E-state index in [-0.39, 0.29) is 35.3 Å². The second-order valence-corrected chi connectivity index (χ2v) is 9.47. The third-order valence-electron chi connectivity index (χ3n) is 6.38. The molecule has 11 heteroatoms. The van der Waals surface area contributed by atoms with Crippen molar-refractivity contribution >= 4 is 46.7 Å². The number of hydrogen-bond donors (Lipinski definition) is 3. The third-order valence-corrected chi connectivity index (χ3v) is 6.61. The largest absolute Gasteiger partial charge is 0.478 e. The Kier molecular flexibility index (Phi) is 7.52. The second kappa shape index (κ2) is 11.3. The fourth-order valence-electron chi connectivity index (χ4n) is 4.43. The van der Waals surface area contributed by atoms with Crippen molar-refractivity contribution < 1.29 is 24.3 Å². The van der Waals surface area contributed by atoms with E-state index >= 15 is 0 Å². The molecule has 0 bridgehead atoms. The number of anilines is 2. The number of nitrogens with one attached hydrogen (secondary N) is 2. The van der Waals surface area contributed by atoms with Gasteiger partial charge in [0.15, 0.2) is 0 Å². The molecule has 0 unspecified atom stereocenters. The molecule has 3 N–H and O–H groups in total. The van der Waals surface area contributed by atoms with Crippen LogP contribution in [0.2, 0.25) is 5.02 Å². The highest BCUT2D eigenvalue weighted by Gasteiger charge is 2.36. The molecule has 1 atom stereocenters. The number of rotatable bonds is 7. The van der Waals surface area contributed by atoms with Crippen LogP contribution in [0, 0.1) is 0 Å². The maximum absolute atomic E-state index is 13.8. The Morgan fingerprint density at radius 2 is 1.88 bits per heavy atom. The Bertz CT molecular complexity index is 1610. The lowest BCUT2D eigenvalue weighted by Gasteiger charge is -2.29. The molecule has 2 aromatic heterocycles. The summed E-state index contributed by atoms with van der Waals surface area (Å²) in [6, 6.07) is 16.5. The van der Waals surface area contributed by atoms with Crippen LogP contribution in [0.4, 0.5) is 11.4 Å². The molecule has 40 heavy (non-hydrogen) atoms. The van der Waals surface area contributed by atoms with Gasteiger partial charge < -0.3 is 20.6 Å². The lowest BCUT2D eigenvalue weighted by molar-refractivity contribution is -0.120. The van der Waals surface area contributed by atoms with E-state index in [4.69, 9.17) is 11.6 Å². The van der Waals surface area contributed by atoms with Gasteiger partial charge in [-0.3, -0.25) is 24.4 Å². The molecule has 2 aromatic carbocycles. The van der Waals surface area contributed by atoms with E-state index in [9.17, 15) is 24.3 Å². The summed E-state index contributed by atoms with van der Waals surface area (Å²) in [4.78, 5) is 61.6. The number of aromatic carboxylic acids is 1. The Hall–Kier alpha value is -5.09. The summed E-state index contributed by atoms with van der Waals surface area (Å²) < 4.78 is 0. The van der Waals surface area contributed by atoms with Gasteiger partial charge in [-0.15, -0.1) is 0 Å². The van der Waals surface area contributed by atoms with E-state index in [0.717, 1.165) is 0 Å². The Morgan fingerprint density at radius 3 is 2.60 bits per heavy atom. The van der Waals surface area contributed by atoms with Gasteiger partial charge in [-0.05, 0) is 60.2 Å². The van der Waals surface area contributed by atoms with Crippen molar-refractivity contribution in [1.29, 1.82) is 0 Å². The number of carbonyl (C=O) groups excluding carboxylic acids is 3. The molecule has 0 saturated carbocycles. The minimum Gasteiger partial charge on any atom is -0.478 e. The number of carboxylic acids is 1. The number of pyridine rings is 2. The van der Waals surface area contributed by atoms with Gasteiger partial charge in [-0.1, -0.05) is 23.7 Å². The van der Waals surface area contributed by atoms with Gasteiger partial charge in [0.05, 0.1) is 28.1 Å². The van der Waals surface area contributed by atoms with Crippen molar-refractivity contribution in [2.75, 3.05) is 10.6 Å². The number of benzene rings is 2. The average molecular weight is 556 g/mol. The molecule has 0 radical (unpaired) electrons. The molecular formula is C29H22ClN5O5. The zero-order chi connectivity index (χ0) is 28.2. The summed E-state index contributed by atoms with van der Waals surface area (Å²) in [5.41, 5.74) is 1.81. The first-order valence-electron chi connectivity index (χ1n) is 12.2. The minimum absolute atomic E-state index is 0.0408. The molecule has 1 aliphatic rings. The fraction of sp³-hybridized carbons (Fsp3) is 0.103. The van der Waals surface area contributed by atoms with Gasteiger partial charge in [-0.25, -0.2) is 4.79 Å². The molecule has 0 saturated heterocycles. The fourth-order valence-corrected chi connectivity index (χ4v) is 4.60. The number of aromatic nitrogens is 2. The molecule has 1 aliphatic heterocycles. The summed E-state index contributed by atoms with van der Waals surface area (Å²) in [7, 11) is 0. The van der Waals surface area contributed by atoms with Crippen LogP contribution in [0.15, 0.2) is 85.3 Å². The van der Waals surface area contributed by atoms with Crippen LogP contribution in [-0.4, -0.2) is 49.7 Å². The number of hydrogen-bond acceptors (Lipinski definition) is 6. The van der Waals surface area contributed by atoms with Crippen molar-refractivity contribution in [2.24, 2.45) is 0 Å². The van der Waals surface area contributed by atoms with Crippen LogP contribution >= 0.6 is 11.6 Å². The van der Waals surface area contributed by atoms with Crippen LogP contribution in [0.1, 0.15) is 42.3 Å². The number of fused-ring (bicyclic) bond motifs is 1. The Morgan fingerprint density at radius 1 is 1.02 bits per heavy atom. The number of carboxylic acid groups (broad SMARTS) is 1. The van der Waals surface area contributed by atoms with Gasteiger partial charge in [-0.2, -0.15) is 0 Å². The van der Waals surface area contributed by atoms with Gasteiger partial charge in [0, 0.05) is 42.3 Å². The monoisotopic (exact) mass is 555 g/mol. The number of carbonyl (C=O) groups is 4. The predicted octanol–water partition coefficient (Wildman–Crippen LogP) is 4.29. The van der Waals surface area contributed by atoms with Crippen molar-refractivity contribution in [3.63, 3.8) is 0 Å². The minimum atomic E-state index is -1.24. The van der Waals surface area contributed by atoms with Gasteiger partial charge in [0.2, 0.25) is 5.91 Å². The molecule has 0 spiro atoms. The Labute approximate surface area is 233 Å². The third kappa shape index (κ3) is 5.67. The molecule has 5 rings (SSSR count). The van der Waals surface area contributed by atoms with Gasteiger partial charge >= 0.3 is 5.97 Å². The first kappa shape index (κ1) is 26.5. The zero-order valence-electron chi connectivity index (χ0n) is 20.9. The summed E-state index contributed by atoms with van der Waals surface area (Å²) in [6.07, 6.45) is 4.62. The van der Waals surface area contributed by atoms with Crippen LogP contribution in [0.5, 0.6) is 0 Å². The van der Waals surface area contributed by atoms with Crippen molar-refractivity contribution in [3.05, 3.63) is 118 Å². The molecule has 4 aromatic rings. The lowest BCUT2D eigenvalue weighted by atomic mass is 10.0. The van der Waals surface area contributed by atoms with E-state index in [2.05, 4.69) is 20.6 Å². The van der Waals surface area contributed by atoms with Crippen LogP contribution in [0.3, 0.4) is 0 Å². The number of nitrogens with zero attached hydrogens (tertiary/aromatic N) is 3. The zero-order valence-corrected chi connectivity index (χ0v) is 21.6. The van der Waals surface area contributed by atoms with E-state index in [1.807, 2.05) is 0 Å². The molecule has 200 valence electrons. The second-order valence-electron chi connectivity index (χ2n) is 9.03. The summed E-state index contributed by atoms with van der Waals surface area (Å²) >= 11 is 6.13. The molecule has 0 fully saturated rings. The van der Waals surface area contributed by atoms with Crippen molar-refractivity contribution in [1.82, 2.24) is 14.9 Å². The maximum Gasteiger partial charge on any atom is 0.337 e. The van der Waals surface area contributed by atoms with E-state index in [1.54, 1.807) is 54.7 Å². The van der Waals surface area contributed by atoms with Crippen LogP contribution < -0.4 is 10.6 Å². The molecule has 0 aliphatic carbocycles. The van der Waals surface area contributed by atoms with Gasteiger partial charge in [0.1, 0.15) is 6.04 Å². The first-order chi connectivity index (χ1) is 19.3. The summed E-state index contributed by atoms with van der Waals surface area (Å²) in [6.45, 7) is -0.0541. The smallest absolute Gasteiger partial charge is 0.337 e. The normalized spacial score (nSPS) is 14.6. The summed E-state index contributed by atoms with van der Waals surface area (Å²) in [5, 5.41) is 15.5. The van der Waals surface area contributed by atoms with E-state index in [0.29, 0.717) is 22.0 Å². The van der Waals surface area contributed by atoms with E-state index in [1.165, 1.54) is 35.5 Å². The van der Waals surface area contributed by atoms with Gasteiger partial charge in [0.25, 0.3) is 11.8 Å². The first-order valence-corrected chi connectivity index (χ1v) is 12.6. The molecule has 3 amide bonds. The summed E-state index contributed by atoms with van der Waals surface area (Å²) in [5.74, 6) is -2.63. The predicted molar refractivity (Wildman–Crippen MR) is 147 cm³/mol. The molecule has 10 nitrogen and oxygen atoms in total. The SMILES string of the molecule is O=C(Nc1cc(CN2C(=O)c3ccc(Cl)cc3NC(=O)[C@H]2Cc2ccccn2)ccc1C(=O)O)c1cccnc1. The molecule has 3 heterocycles. The van der Waals surface area contributed by atoms with Crippen LogP contribution in [0.25, 0.3) is 0 Å². The topological polar surface area (TPSA) is 142 Å². The molecular weight excluding hydrogens is 534 g/mol. The Balaban J connectivity index is 1.52. The van der Waals surface area contributed by atoms with Crippen molar-refractivity contribution in [3.8, 4) is 0 Å². The highest BCUT2D eigenvalue weighted by molar-refractivity contribution is 6.31. The quantitative estimate of drug-likeness (QED) is 0.309. The standard InChI is InChI=1S/C29H22ClN5O5/c30-19-7-9-21-24(13-19)34-27(37)25(14-20-5-1-2-11-32-20)35(28(21)38)16-17-6-8-22(29(39)40)23(12-17)33-26(36)18-4-3-10-31-15-18/h1-13,15,25H,14,16H2,(H,33,36)(H,34,37)(H,39,40)/t25-/m1/s1.